The fourth-order valence-corrected chi connectivity index (χ4v) is 3.43. The molecule has 5 nitrogen and oxygen atoms in total. The lowest BCUT2D eigenvalue weighted by Crippen LogP contribution is -2.55. The molecule has 1 N–H and O–H groups in total. The second-order valence-corrected chi connectivity index (χ2v) is 7.17. The maximum absolute atomic E-state index is 14.1. The third-order valence-electron chi connectivity index (χ3n) is 5.06. The molecule has 1 aliphatic heterocycles. The summed E-state index contributed by atoms with van der Waals surface area (Å²) in [6.45, 7) is 1.18. The summed E-state index contributed by atoms with van der Waals surface area (Å²) in [6.07, 6.45) is -13.0. The van der Waals surface area contributed by atoms with Crippen LogP contribution in [0.15, 0.2) is 18.2 Å². The number of piperidine rings is 1. The van der Waals surface area contributed by atoms with Crippen molar-refractivity contribution in [2.75, 3.05) is 20.1 Å². The predicted octanol–water partition coefficient (Wildman–Crippen LogP) is 3.08. The number of benzene rings is 1. The quantitative estimate of drug-likeness (QED) is 0.730. The molecule has 1 aromatic rings. The number of aliphatic hydroxyl groups excluding tert-OH is 1. The van der Waals surface area contributed by atoms with Crippen LogP contribution in [-0.2, 0) is 11.0 Å². The van der Waals surface area contributed by atoms with Crippen molar-refractivity contribution < 1.29 is 45.4 Å². The number of likely N-dealkylation sites (tertiary alicyclic amines) is 1. The number of halogens is 7. The smallest absolute Gasteiger partial charge is 0.376 e. The lowest BCUT2D eigenvalue weighted by atomic mass is 9.91. The molecule has 2 unspecified atom stereocenters. The fraction of sp³-hybridized carbons (Fsp3) is 0.556. The molecule has 1 saturated heterocycles. The van der Waals surface area contributed by atoms with Gasteiger partial charge in [-0.2, -0.15) is 26.3 Å². The van der Waals surface area contributed by atoms with Crippen LogP contribution >= 0.6 is 0 Å². The zero-order valence-electron chi connectivity index (χ0n) is 15.9. The second-order valence-electron chi connectivity index (χ2n) is 7.17. The molecule has 0 saturated carbocycles. The molecule has 1 aliphatic rings. The third kappa shape index (κ3) is 5.02. The topological polar surface area (TPSA) is 60.9 Å². The van der Waals surface area contributed by atoms with E-state index in [0.717, 1.165) is 15.9 Å². The van der Waals surface area contributed by atoms with Crippen LogP contribution < -0.4 is 0 Å². The Morgan fingerprint density at radius 3 is 2.27 bits per heavy atom. The molecule has 2 amide bonds. The van der Waals surface area contributed by atoms with Gasteiger partial charge in [0.2, 0.25) is 6.10 Å². The van der Waals surface area contributed by atoms with E-state index in [0.29, 0.717) is 6.07 Å². The van der Waals surface area contributed by atoms with Crippen molar-refractivity contribution in [1.82, 2.24) is 9.80 Å². The van der Waals surface area contributed by atoms with E-state index in [1.807, 2.05) is 0 Å². The Balaban J connectivity index is 2.11. The van der Waals surface area contributed by atoms with E-state index in [1.165, 1.54) is 7.05 Å². The van der Waals surface area contributed by atoms with Crippen LogP contribution in [0.5, 0.6) is 0 Å². The maximum atomic E-state index is 14.1. The highest BCUT2D eigenvalue weighted by molar-refractivity contribution is 5.94. The van der Waals surface area contributed by atoms with Crippen LogP contribution in [0.4, 0.5) is 30.7 Å². The van der Waals surface area contributed by atoms with Gasteiger partial charge in [-0.1, -0.05) is 6.92 Å². The molecular weight excluding hydrogens is 425 g/mol. The number of hydrogen-bond donors (Lipinski definition) is 1. The molecular formula is C18H19F7N2O3. The van der Waals surface area contributed by atoms with Gasteiger partial charge in [0.25, 0.3) is 11.8 Å². The van der Waals surface area contributed by atoms with Gasteiger partial charge in [-0.25, -0.2) is 4.39 Å². The first-order valence-electron chi connectivity index (χ1n) is 8.82. The molecule has 0 aliphatic carbocycles. The first-order chi connectivity index (χ1) is 13.6. The van der Waals surface area contributed by atoms with E-state index < -0.39 is 59.2 Å². The molecule has 30 heavy (non-hydrogen) atoms. The van der Waals surface area contributed by atoms with Gasteiger partial charge >= 0.3 is 12.4 Å². The molecule has 2 rings (SSSR count). The average Bonchev–Trinajstić information content (AvgIpc) is 2.64. The summed E-state index contributed by atoms with van der Waals surface area (Å²) in [7, 11) is 1.29. The average molecular weight is 444 g/mol. The van der Waals surface area contributed by atoms with Gasteiger partial charge in [0.05, 0.1) is 11.1 Å². The Morgan fingerprint density at radius 2 is 1.80 bits per heavy atom. The number of amides is 2. The minimum Gasteiger partial charge on any atom is -0.376 e. The van der Waals surface area contributed by atoms with Crippen molar-refractivity contribution in [3.05, 3.63) is 35.1 Å². The number of carbonyl (C=O) groups is 2. The molecule has 1 aromatic carbocycles. The minimum atomic E-state index is -5.11. The molecule has 168 valence electrons. The highest BCUT2D eigenvalue weighted by Gasteiger charge is 2.46. The van der Waals surface area contributed by atoms with E-state index in [9.17, 15) is 40.3 Å². The molecule has 3 atom stereocenters. The van der Waals surface area contributed by atoms with E-state index in [2.05, 4.69) is 0 Å². The van der Waals surface area contributed by atoms with Gasteiger partial charge in [-0.15, -0.1) is 0 Å². The van der Waals surface area contributed by atoms with Crippen molar-refractivity contribution in [3.63, 3.8) is 0 Å². The van der Waals surface area contributed by atoms with Crippen LogP contribution in [0.1, 0.15) is 29.3 Å². The molecule has 12 heteroatoms. The first kappa shape index (κ1) is 23.9. The summed E-state index contributed by atoms with van der Waals surface area (Å²) in [4.78, 5) is 26.3. The summed E-state index contributed by atoms with van der Waals surface area (Å²) in [5.41, 5.74) is -1.83. The molecule has 0 radical (unpaired) electrons. The van der Waals surface area contributed by atoms with Crippen molar-refractivity contribution in [2.45, 2.75) is 37.8 Å². The van der Waals surface area contributed by atoms with E-state index >= 15 is 0 Å². The van der Waals surface area contributed by atoms with Gasteiger partial charge in [-0.3, -0.25) is 9.59 Å². The highest BCUT2D eigenvalue weighted by atomic mass is 19.4. The SMILES string of the molecule is CC1CN(C(=O)[C@@H](O)C(F)(F)F)CCC1N(C)C(=O)c1ccc(C(F)(F)F)cc1F. The monoisotopic (exact) mass is 444 g/mol. The number of nitrogens with zero attached hydrogens (tertiary/aromatic N) is 2. The molecule has 0 bridgehead atoms. The summed E-state index contributed by atoms with van der Waals surface area (Å²) in [5.74, 6) is -4.28. The lowest BCUT2D eigenvalue weighted by molar-refractivity contribution is -0.211. The second kappa shape index (κ2) is 8.40. The van der Waals surface area contributed by atoms with Crippen LogP contribution in [-0.4, -0.2) is 65.2 Å². The standard InChI is InChI=1S/C18H19F7N2O3/c1-9-8-27(16(30)14(28)18(23,24)25)6-5-13(9)26(2)15(29)11-4-3-10(7-12(11)19)17(20,21)22/h3-4,7,9,13-14,28H,5-6,8H2,1-2H3/t9?,13?,14-/m1/s1. The zero-order valence-corrected chi connectivity index (χ0v) is 15.9. The Labute approximate surface area is 167 Å². The highest BCUT2D eigenvalue weighted by Crippen LogP contribution is 2.31. The Kier molecular flexibility index (Phi) is 6.69. The Hall–Kier alpha value is -2.37. The first-order valence-corrected chi connectivity index (χ1v) is 8.82. The van der Waals surface area contributed by atoms with E-state index in [4.69, 9.17) is 5.11 Å². The third-order valence-corrected chi connectivity index (χ3v) is 5.06. The number of rotatable bonds is 3. The van der Waals surface area contributed by atoms with Crippen LogP contribution in [0.2, 0.25) is 0 Å². The summed E-state index contributed by atoms with van der Waals surface area (Å²) in [6, 6.07) is 0.906. The zero-order chi connectivity index (χ0) is 23.0. The van der Waals surface area contributed by atoms with Crippen LogP contribution in [0.3, 0.4) is 0 Å². The van der Waals surface area contributed by atoms with Gasteiger partial charge < -0.3 is 14.9 Å². The normalized spacial score (nSPS) is 21.3. The predicted molar refractivity (Wildman–Crippen MR) is 89.7 cm³/mol. The van der Waals surface area contributed by atoms with Crippen molar-refractivity contribution in [3.8, 4) is 0 Å². The van der Waals surface area contributed by atoms with E-state index in [1.54, 1.807) is 6.92 Å². The summed E-state index contributed by atoms with van der Waals surface area (Å²) < 4.78 is 89.6. The fourth-order valence-electron chi connectivity index (χ4n) is 3.43. The van der Waals surface area contributed by atoms with Gasteiger partial charge in [0.1, 0.15) is 5.82 Å². The van der Waals surface area contributed by atoms with Crippen LogP contribution in [0.25, 0.3) is 0 Å². The Morgan fingerprint density at radius 1 is 1.20 bits per heavy atom. The largest absolute Gasteiger partial charge is 0.423 e. The van der Waals surface area contributed by atoms with Crippen LogP contribution in [0, 0.1) is 11.7 Å². The van der Waals surface area contributed by atoms with E-state index in [-0.39, 0.29) is 25.6 Å². The van der Waals surface area contributed by atoms with Gasteiger partial charge in [-0.05, 0) is 30.5 Å². The van der Waals surface area contributed by atoms with Crippen molar-refractivity contribution in [1.29, 1.82) is 0 Å². The Bertz CT molecular complexity index is 810. The van der Waals surface area contributed by atoms with Crippen molar-refractivity contribution >= 4 is 11.8 Å². The molecule has 0 spiro atoms. The summed E-state index contributed by atoms with van der Waals surface area (Å²) >= 11 is 0. The van der Waals surface area contributed by atoms with Gasteiger partial charge in [0.15, 0.2) is 0 Å². The lowest BCUT2D eigenvalue weighted by Gasteiger charge is -2.41. The minimum absolute atomic E-state index is 0.0436. The maximum Gasteiger partial charge on any atom is 0.423 e. The number of alkyl halides is 6. The number of aliphatic hydroxyl groups is 1. The molecule has 0 aromatic heterocycles. The van der Waals surface area contributed by atoms with Crippen molar-refractivity contribution in [2.24, 2.45) is 5.92 Å². The molecule has 1 heterocycles. The number of carbonyl (C=O) groups excluding carboxylic acids is 2. The molecule has 1 fully saturated rings. The summed E-state index contributed by atoms with van der Waals surface area (Å²) in [5, 5.41) is 9.11. The van der Waals surface area contributed by atoms with Gasteiger partial charge in [0, 0.05) is 26.2 Å². The number of hydrogen-bond acceptors (Lipinski definition) is 3.